The lowest BCUT2D eigenvalue weighted by molar-refractivity contribution is -0.136. The van der Waals surface area contributed by atoms with E-state index in [4.69, 9.17) is 0 Å². The highest BCUT2D eigenvalue weighted by molar-refractivity contribution is 5.92. The third-order valence-corrected chi connectivity index (χ3v) is 5.32. The monoisotopic (exact) mass is 350 g/mol. The number of likely N-dealkylation sites (tertiary alicyclic amines) is 2. The lowest BCUT2D eigenvalue weighted by Gasteiger charge is -2.34. The molecule has 0 radical (unpaired) electrons. The van der Waals surface area contributed by atoms with Crippen molar-refractivity contribution in [3.63, 3.8) is 0 Å². The van der Waals surface area contributed by atoms with Crippen molar-refractivity contribution in [3.05, 3.63) is 59.7 Å². The van der Waals surface area contributed by atoms with E-state index in [-0.39, 0.29) is 17.7 Å². The standard InChI is InChI=1S/C20H22N4O2/c1-14-8-22-18(9-21-14)20(26)24-11-16-7-19(25)23(12-17(16)13-24)10-15-5-3-2-4-6-15/h2-6,8-9,16-17H,7,10-13H2,1H3/t16-,17+/m0/s1. The quantitative estimate of drug-likeness (QED) is 0.848. The Bertz CT molecular complexity index is 806. The summed E-state index contributed by atoms with van der Waals surface area (Å²) in [7, 11) is 0. The molecule has 0 spiro atoms. The molecule has 0 bridgehead atoms. The van der Waals surface area contributed by atoms with E-state index in [9.17, 15) is 9.59 Å². The first-order valence-electron chi connectivity index (χ1n) is 9.00. The van der Waals surface area contributed by atoms with Crippen LogP contribution in [-0.2, 0) is 11.3 Å². The van der Waals surface area contributed by atoms with Crippen LogP contribution in [0.1, 0.15) is 28.2 Å². The minimum atomic E-state index is -0.0889. The molecule has 0 saturated carbocycles. The van der Waals surface area contributed by atoms with Gasteiger partial charge >= 0.3 is 0 Å². The molecule has 4 rings (SSSR count). The van der Waals surface area contributed by atoms with Crippen molar-refractivity contribution in [1.82, 2.24) is 19.8 Å². The van der Waals surface area contributed by atoms with E-state index in [1.165, 1.54) is 6.20 Å². The number of hydrogen-bond donors (Lipinski definition) is 0. The Morgan fingerprint density at radius 3 is 2.58 bits per heavy atom. The molecule has 2 aromatic rings. The highest BCUT2D eigenvalue weighted by Crippen LogP contribution is 2.33. The number of carbonyl (C=O) groups is 2. The molecule has 6 nitrogen and oxygen atoms in total. The van der Waals surface area contributed by atoms with Crippen molar-refractivity contribution in [2.75, 3.05) is 19.6 Å². The summed E-state index contributed by atoms with van der Waals surface area (Å²) in [5, 5.41) is 0. The van der Waals surface area contributed by atoms with Gasteiger partial charge in [-0.1, -0.05) is 30.3 Å². The van der Waals surface area contributed by atoms with E-state index in [2.05, 4.69) is 9.97 Å². The van der Waals surface area contributed by atoms with E-state index >= 15 is 0 Å². The lowest BCUT2D eigenvalue weighted by atomic mass is 9.88. The Hall–Kier alpha value is -2.76. The minimum absolute atomic E-state index is 0.0889. The zero-order valence-electron chi connectivity index (χ0n) is 14.8. The number of nitrogens with zero attached hydrogens (tertiary/aromatic N) is 4. The minimum Gasteiger partial charge on any atom is -0.338 e. The lowest BCUT2D eigenvalue weighted by Crippen LogP contribution is -2.43. The van der Waals surface area contributed by atoms with Crippen LogP contribution in [0.4, 0.5) is 0 Å². The third kappa shape index (κ3) is 3.31. The molecule has 3 heterocycles. The Labute approximate surface area is 152 Å². The molecular formula is C20H22N4O2. The molecule has 2 aliphatic rings. The number of aryl methyl sites for hydroxylation is 1. The van der Waals surface area contributed by atoms with Gasteiger partial charge in [-0.25, -0.2) is 4.98 Å². The fraction of sp³-hybridized carbons (Fsp3) is 0.400. The van der Waals surface area contributed by atoms with Crippen molar-refractivity contribution in [2.24, 2.45) is 11.8 Å². The molecular weight excluding hydrogens is 328 g/mol. The summed E-state index contributed by atoms with van der Waals surface area (Å²) in [6.07, 6.45) is 3.66. The summed E-state index contributed by atoms with van der Waals surface area (Å²) in [5.41, 5.74) is 2.31. The van der Waals surface area contributed by atoms with Crippen molar-refractivity contribution in [3.8, 4) is 0 Å². The average molecular weight is 350 g/mol. The van der Waals surface area contributed by atoms with Gasteiger partial charge in [0.2, 0.25) is 5.91 Å². The van der Waals surface area contributed by atoms with Gasteiger partial charge in [0.1, 0.15) is 5.69 Å². The van der Waals surface area contributed by atoms with Gasteiger partial charge in [-0.3, -0.25) is 14.6 Å². The molecule has 0 aliphatic carbocycles. The van der Waals surface area contributed by atoms with Gasteiger partial charge in [0.15, 0.2) is 0 Å². The van der Waals surface area contributed by atoms with E-state index in [0.717, 1.165) is 11.3 Å². The summed E-state index contributed by atoms with van der Waals surface area (Å²) in [6.45, 7) is 4.50. The van der Waals surface area contributed by atoms with E-state index < -0.39 is 0 Å². The largest absolute Gasteiger partial charge is 0.338 e. The summed E-state index contributed by atoms with van der Waals surface area (Å²) in [4.78, 5) is 37.3. The van der Waals surface area contributed by atoms with E-state index in [1.54, 1.807) is 6.20 Å². The molecule has 1 aromatic carbocycles. The summed E-state index contributed by atoms with van der Waals surface area (Å²) >= 11 is 0. The first-order valence-corrected chi connectivity index (χ1v) is 9.00. The molecule has 2 fully saturated rings. The van der Waals surface area contributed by atoms with E-state index in [0.29, 0.717) is 44.2 Å². The van der Waals surface area contributed by atoms with Crippen LogP contribution in [0.15, 0.2) is 42.7 Å². The number of amides is 2. The molecule has 0 N–H and O–H groups in total. The van der Waals surface area contributed by atoms with Crippen molar-refractivity contribution >= 4 is 11.8 Å². The number of benzene rings is 1. The van der Waals surface area contributed by atoms with Gasteiger partial charge in [0.25, 0.3) is 5.91 Å². The molecule has 6 heteroatoms. The van der Waals surface area contributed by atoms with Crippen LogP contribution in [0.2, 0.25) is 0 Å². The SMILES string of the molecule is Cc1cnc(C(=O)N2C[C@H]3CN(Cc4ccccc4)C(=O)C[C@H]3C2)cn1. The Kier molecular flexibility index (Phi) is 4.41. The van der Waals surface area contributed by atoms with Gasteiger partial charge in [-0.05, 0) is 24.3 Å². The van der Waals surface area contributed by atoms with Crippen molar-refractivity contribution < 1.29 is 9.59 Å². The second-order valence-electron chi connectivity index (χ2n) is 7.24. The maximum Gasteiger partial charge on any atom is 0.274 e. The van der Waals surface area contributed by atoms with Gasteiger partial charge in [0, 0.05) is 38.8 Å². The molecule has 1 aromatic heterocycles. The predicted molar refractivity (Wildman–Crippen MR) is 96.1 cm³/mol. The number of rotatable bonds is 3. The van der Waals surface area contributed by atoms with Crippen molar-refractivity contribution in [2.45, 2.75) is 19.9 Å². The van der Waals surface area contributed by atoms with Gasteiger partial charge in [-0.2, -0.15) is 0 Å². The van der Waals surface area contributed by atoms with Crippen LogP contribution in [0.3, 0.4) is 0 Å². The molecule has 2 aliphatic heterocycles. The highest BCUT2D eigenvalue weighted by atomic mass is 16.2. The highest BCUT2D eigenvalue weighted by Gasteiger charge is 2.42. The normalized spacial score (nSPS) is 22.4. The van der Waals surface area contributed by atoms with Crippen LogP contribution in [-0.4, -0.2) is 51.2 Å². The smallest absolute Gasteiger partial charge is 0.274 e. The number of aromatic nitrogens is 2. The third-order valence-electron chi connectivity index (χ3n) is 5.32. The summed E-state index contributed by atoms with van der Waals surface area (Å²) < 4.78 is 0. The fourth-order valence-corrected chi connectivity index (χ4v) is 3.90. The van der Waals surface area contributed by atoms with Crippen LogP contribution in [0.5, 0.6) is 0 Å². The first kappa shape index (κ1) is 16.7. The maximum atomic E-state index is 12.7. The first-order chi connectivity index (χ1) is 12.6. The second kappa shape index (κ2) is 6.86. The maximum absolute atomic E-state index is 12.7. The molecule has 0 unspecified atom stereocenters. The molecule has 2 saturated heterocycles. The Morgan fingerprint density at radius 1 is 1.08 bits per heavy atom. The average Bonchev–Trinajstić information content (AvgIpc) is 3.05. The molecule has 26 heavy (non-hydrogen) atoms. The molecule has 2 atom stereocenters. The molecule has 134 valence electrons. The zero-order valence-corrected chi connectivity index (χ0v) is 14.8. The number of carbonyl (C=O) groups excluding carboxylic acids is 2. The number of hydrogen-bond acceptors (Lipinski definition) is 4. The Balaban J connectivity index is 1.43. The topological polar surface area (TPSA) is 66.4 Å². The molecule has 2 amide bonds. The Morgan fingerprint density at radius 2 is 1.85 bits per heavy atom. The number of piperidine rings is 1. The van der Waals surface area contributed by atoms with Gasteiger partial charge in [0.05, 0.1) is 11.9 Å². The van der Waals surface area contributed by atoms with E-state index in [1.807, 2.05) is 47.1 Å². The van der Waals surface area contributed by atoms with Gasteiger partial charge in [-0.15, -0.1) is 0 Å². The van der Waals surface area contributed by atoms with Crippen molar-refractivity contribution in [1.29, 1.82) is 0 Å². The summed E-state index contributed by atoms with van der Waals surface area (Å²) in [5.74, 6) is 0.670. The predicted octanol–water partition coefficient (Wildman–Crippen LogP) is 1.91. The van der Waals surface area contributed by atoms with Crippen LogP contribution in [0.25, 0.3) is 0 Å². The number of fused-ring (bicyclic) bond motifs is 1. The fourth-order valence-electron chi connectivity index (χ4n) is 3.90. The second-order valence-corrected chi connectivity index (χ2v) is 7.24. The van der Waals surface area contributed by atoms with Crippen LogP contribution < -0.4 is 0 Å². The van der Waals surface area contributed by atoms with Crippen LogP contribution >= 0.6 is 0 Å². The van der Waals surface area contributed by atoms with Crippen LogP contribution in [0, 0.1) is 18.8 Å². The summed E-state index contributed by atoms with van der Waals surface area (Å²) in [6, 6.07) is 10.0. The van der Waals surface area contributed by atoms with Gasteiger partial charge < -0.3 is 9.80 Å². The zero-order chi connectivity index (χ0) is 18.1.